The summed E-state index contributed by atoms with van der Waals surface area (Å²) in [5, 5.41) is 13.1. The average Bonchev–Trinajstić information content (AvgIpc) is 3.49. The summed E-state index contributed by atoms with van der Waals surface area (Å²) >= 11 is 6.50. The fourth-order valence-electron chi connectivity index (χ4n) is 4.77. The van der Waals surface area contributed by atoms with Crippen LogP contribution in [0.3, 0.4) is 0 Å². The van der Waals surface area contributed by atoms with Crippen molar-refractivity contribution in [3.63, 3.8) is 0 Å². The number of hydrogen-bond acceptors (Lipinski definition) is 7. The lowest BCUT2D eigenvalue weighted by molar-refractivity contribution is -0.129. The molecule has 2 heterocycles. The number of carbonyl (C=O) groups is 1. The lowest BCUT2D eigenvalue weighted by Crippen LogP contribution is -2.17. The highest BCUT2D eigenvalue weighted by Crippen LogP contribution is 2.33. The maximum absolute atomic E-state index is 13.5. The number of aromatic nitrogens is 2. The number of furan rings is 1. The van der Waals surface area contributed by atoms with E-state index in [1.807, 2.05) is 36.4 Å². The lowest BCUT2D eigenvalue weighted by atomic mass is 10.1. The molecule has 0 spiro atoms. The third kappa shape index (κ3) is 8.30. The van der Waals surface area contributed by atoms with Gasteiger partial charge >= 0.3 is 0 Å². The molecule has 5 aromatic rings. The van der Waals surface area contributed by atoms with Crippen LogP contribution in [0.4, 0.5) is 15.9 Å². The summed E-state index contributed by atoms with van der Waals surface area (Å²) in [6, 6.07) is 21.5. The van der Waals surface area contributed by atoms with E-state index in [0.717, 1.165) is 72.2 Å². The number of fused-ring (bicyclic) bond motifs is 1. The van der Waals surface area contributed by atoms with E-state index in [1.165, 1.54) is 18.5 Å². The number of carbonyl (C=O) groups excluding carboxylic acids is 1. The molecular formula is C33H32ClFN4O4. The van der Waals surface area contributed by atoms with Crippen LogP contribution in [-0.4, -0.2) is 21.1 Å². The smallest absolute Gasteiger partial charge is 0.243 e. The van der Waals surface area contributed by atoms with Crippen molar-refractivity contribution in [1.29, 1.82) is 0 Å². The SMILES string of the molecule is O=C(CCCCCCCc1ccc(-c2ccc3ncnc(Nc4ccc(OCc5cccc(F)c5)c(Cl)c4)c3c2)o1)NO. The Balaban J connectivity index is 1.20. The molecule has 5 rings (SSSR count). The quantitative estimate of drug-likeness (QED) is 0.0665. The molecule has 3 aromatic carbocycles. The molecular weight excluding hydrogens is 571 g/mol. The Morgan fingerprint density at radius 1 is 0.953 bits per heavy atom. The van der Waals surface area contributed by atoms with Crippen molar-refractivity contribution in [2.75, 3.05) is 5.32 Å². The minimum Gasteiger partial charge on any atom is -0.487 e. The van der Waals surface area contributed by atoms with Crippen molar-refractivity contribution in [2.45, 2.75) is 51.6 Å². The first-order chi connectivity index (χ1) is 21.0. The second kappa shape index (κ2) is 14.6. The first-order valence-corrected chi connectivity index (χ1v) is 14.6. The summed E-state index contributed by atoms with van der Waals surface area (Å²) in [6.07, 6.45) is 7.48. The van der Waals surface area contributed by atoms with E-state index in [1.54, 1.807) is 29.7 Å². The second-order valence-electron chi connectivity index (χ2n) is 10.2. The van der Waals surface area contributed by atoms with E-state index >= 15 is 0 Å². The molecule has 0 radical (unpaired) electrons. The monoisotopic (exact) mass is 602 g/mol. The van der Waals surface area contributed by atoms with Gasteiger partial charge in [-0.2, -0.15) is 0 Å². The molecule has 222 valence electrons. The number of hydrogen-bond donors (Lipinski definition) is 3. The maximum atomic E-state index is 13.5. The van der Waals surface area contributed by atoms with Gasteiger partial charge in [-0.15, -0.1) is 0 Å². The van der Waals surface area contributed by atoms with Crippen molar-refractivity contribution in [3.05, 3.63) is 101 Å². The van der Waals surface area contributed by atoms with E-state index in [2.05, 4.69) is 15.3 Å². The highest BCUT2D eigenvalue weighted by Gasteiger charge is 2.11. The largest absolute Gasteiger partial charge is 0.487 e. The number of unbranched alkanes of at least 4 members (excludes halogenated alkanes) is 4. The van der Waals surface area contributed by atoms with Crippen LogP contribution in [0.5, 0.6) is 5.75 Å². The minimum absolute atomic E-state index is 0.200. The molecule has 0 aliphatic heterocycles. The molecule has 0 atom stereocenters. The topological polar surface area (TPSA) is 110 Å². The predicted octanol–water partition coefficient (Wildman–Crippen LogP) is 8.39. The zero-order valence-corrected chi connectivity index (χ0v) is 24.2. The van der Waals surface area contributed by atoms with Crippen LogP contribution in [0.2, 0.25) is 5.02 Å². The van der Waals surface area contributed by atoms with Crippen molar-refractivity contribution in [3.8, 4) is 17.1 Å². The second-order valence-corrected chi connectivity index (χ2v) is 10.6. The summed E-state index contributed by atoms with van der Waals surface area (Å²) < 4.78 is 25.4. The molecule has 10 heteroatoms. The molecule has 3 N–H and O–H groups in total. The molecule has 2 aromatic heterocycles. The summed E-state index contributed by atoms with van der Waals surface area (Å²) in [5.74, 6) is 2.16. The molecule has 0 saturated carbocycles. The van der Waals surface area contributed by atoms with Gasteiger partial charge in [-0.05, 0) is 79.1 Å². The Labute approximate surface area is 253 Å². The van der Waals surface area contributed by atoms with Crippen molar-refractivity contribution in [1.82, 2.24) is 15.4 Å². The first kappa shape index (κ1) is 30.0. The van der Waals surface area contributed by atoms with Gasteiger partial charge in [0.1, 0.15) is 41.8 Å². The number of benzene rings is 3. The number of halogens is 2. The van der Waals surface area contributed by atoms with Crippen LogP contribution in [-0.2, 0) is 17.8 Å². The van der Waals surface area contributed by atoms with Gasteiger partial charge in [0.05, 0.1) is 10.5 Å². The van der Waals surface area contributed by atoms with E-state index in [9.17, 15) is 9.18 Å². The van der Waals surface area contributed by atoms with Gasteiger partial charge in [-0.3, -0.25) is 10.0 Å². The van der Waals surface area contributed by atoms with E-state index in [-0.39, 0.29) is 18.3 Å². The normalized spacial score (nSPS) is 11.0. The third-order valence-electron chi connectivity index (χ3n) is 7.01. The number of ether oxygens (including phenoxy) is 1. The Kier molecular flexibility index (Phi) is 10.2. The molecule has 0 bridgehead atoms. The number of nitrogens with zero attached hydrogens (tertiary/aromatic N) is 2. The molecule has 0 fully saturated rings. The Bertz CT molecular complexity index is 1690. The number of hydroxylamine groups is 1. The predicted molar refractivity (Wildman–Crippen MR) is 164 cm³/mol. The summed E-state index contributed by atoms with van der Waals surface area (Å²) in [5.41, 5.74) is 4.80. The van der Waals surface area contributed by atoms with Gasteiger partial charge in [-0.1, -0.05) is 43.0 Å². The standard InChI is InChI=1S/C33H32ClFN4O4/c34-28-19-25(12-15-31(28)42-20-22-7-6-8-24(35)17-22)38-33-27-18-23(11-14-29(27)36-21-37-33)30-16-13-26(43-30)9-4-2-1-3-5-10-32(40)39-41/h6-8,11-19,21,41H,1-5,9-10,20H2,(H,39,40)(H,36,37,38). The highest BCUT2D eigenvalue weighted by atomic mass is 35.5. The molecule has 1 amide bonds. The Morgan fingerprint density at radius 3 is 2.65 bits per heavy atom. The van der Waals surface area contributed by atoms with Gasteiger partial charge in [0.25, 0.3) is 0 Å². The number of rotatable bonds is 14. The van der Waals surface area contributed by atoms with Gasteiger partial charge in [0.15, 0.2) is 0 Å². The fourth-order valence-corrected chi connectivity index (χ4v) is 5.00. The summed E-state index contributed by atoms with van der Waals surface area (Å²) in [6.45, 7) is 0.200. The van der Waals surface area contributed by atoms with Crippen LogP contribution in [0.25, 0.3) is 22.2 Å². The molecule has 0 saturated heterocycles. The van der Waals surface area contributed by atoms with Crippen molar-refractivity contribution < 1.29 is 23.5 Å². The maximum Gasteiger partial charge on any atom is 0.243 e. The molecule has 43 heavy (non-hydrogen) atoms. The van der Waals surface area contributed by atoms with Gasteiger partial charge < -0.3 is 14.5 Å². The van der Waals surface area contributed by atoms with Gasteiger partial charge in [0.2, 0.25) is 5.91 Å². The van der Waals surface area contributed by atoms with E-state index in [4.69, 9.17) is 26.0 Å². The number of aryl methyl sites for hydroxylation is 1. The van der Waals surface area contributed by atoms with Crippen LogP contribution >= 0.6 is 11.6 Å². The zero-order chi connectivity index (χ0) is 30.0. The lowest BCUT2D eigenvalue weighted by Gasteiger charge is -2.12. The van der Waals surface area contributed by atoms with Crippen molar-refractivity contribution >= 4 is 39.9 Å². The molecule has 8 nitrogen and oxygen atoms in total. The Morgan fingerprint density at radius 2 is 1.81 bits per heavy atom. The molecule has 0 aliphatic carbocycles. The summed E-state index contributed by atoms with van der Waals surface area (Å²) in [7, 11) is 0. The van der Waals surface area contributed by atoms with E-state index in [0.29, 0.717) is 28.6 Å². The third-order valence-corrected chi connectivity index (χ3v) is 7.31. The highest BCUT2D eigenvalue weighted by molar-refractivity contribution is 6.32. The van der Waals surface area contributed by atoms with E-state index < -0.39 is 0 Å². The van der Waals surface area contributed by atoms with Crippen LogP contribution in [0.15, 0.2) is 83.5 Å². The Hall–Kier alpha value is -4.47. The van der Waals surface area contributed by atoms with Crippen molar-refractivity contribution in [2.24, 2.45) is 0 Å². The molecule has 0 unspecified atom stereocenters. The minimum atomic E-state index is -0.338. The fraction of sp³-hybridized carbons (Fsp3) is 0.242. The van der Waals surface area contributed by atoms with Crippen LogP contribution < -0.4 is 15.5 Å². The number of anilines is 2. The average molecular weight is 603 g/mol. The van der Waals surface area contributed by atoms with Crippen LogP contribution in [0.1, 0.15) is 49.8 Å². The van der Waals surface area contributed by atoms with Crippen LogP contribution in [0, 0.1) is 5.82 Å². The summed E-state index contributed by atoms with van der Waals surface area (Å²) in [4.78, 5) is 19.9. The van der Waals surface area contributed by atoms with Gasteiger partial charge in [-0.25, -0.2) is 19.8 Å². The zero-order valence-electron chi connectivity index (χ0n) is 23.5. The number of nitrogens with one attached hydrogen (secondary N) is 2. The first-order valence-electron chi connectivity index (χ1n) is 14.2. The number of amides is 1. The van der Waals surface area contributed by atoms with Gasteiger partial charge in [0, 0.05) is 29.5 Å². The molecule has 0 aliphatic rings.